The SMILES string of the molecule is CCCNc1ccc(C(=O)N(CC)c2cccc(C)c2)nn1. The van der Waals surface area contributed by atoms with Gasteiger partial charge in [-0.25, -0.2) is 0 Å². The molecule has 1 aromatic heterocycles. The minimum absolute atomic E-state index is 0.136. The molecule has 5 nitrogen and oxygen atoms in total. The molecule has 0 unspecified atom stereocenters. The molecular weight excluding hydrogens is 276 g/mol. The number of nitrogens with zero attached hydrogens (tertiary/aromatic N) is 3. The van der Waals surface area contributed by atoms with E-state index in [1.807, 2.05) is 38.1 Å². The molecule has 5 heteroatoms. The Bertz CT molecular complexity index is 625. The molecule has 0 fully saturated rings. The van der Waals surface area contributed by atoms with Gasteiger partial charge in [0.05, 0.1) is 0 Å². The summed E-state index contributed by atoms with van der Waals surface area (Å²) in [7, 11) is 0. The Hall–Kier alpha value is -2.43. The highest BCUT2D eigenvalue weighted by Crippen LogP contribution is 2.18. The second-order valence-corrected chi connectivity index (χ2v) is 5.12. The number of hydrogen-bond donors (Lipinski definition) is 1. The van der Waals surface area contributed by atoms with Crippen LogP contribution in [0.1, 0.15) is 36.3 Å². The van der Waals surface area contributed by atoms with Gasteiger partial charge in [0.1, 0.15) is 5.82 Å². The zero-order valence-corrected chi connectivity index (χ0v) is 13.3. The predicted molar refractivity (Wildman–Crippen MR) is 89.3 cm³/mol. The fourth-order valence-corrected chi connectivity index (χ4v) is 2.17. The molecule has 0 aliphatic carbocycles. The van der Waals surface area contributed by atoms with Crippen LogP contribution < -0.4 is 10.2 Å². The van der Waals surface area contributed by atoms with E-state index in [2.05, 4.69) is 22.4 Å². The molecule has 0 radical (unpaired) electrons. The topological polar surface area (TPSA) is 58.1 Å². The van der Waals surface area contributed by atoms with Gasteiger partial charge < -0.3 is 10.2 Å². The first-order valence-corrected chi connectivity index (χ1v) is 7.61. The fraction of sp³-hybridized carbons (Fsp3) is 0.353. The molecule has 22 heavy (non-hydrogen) atoms. The molecule has 2 aromatic rings. The lowest BCUT2D eigenvalue weighted by Crippen LogP contribution is -2.31. The lowest BCUT2D eigenvalue weighted by atomic mass is 10.2. The molecule has 0 spiro atoms. The monoisotopic (exact) mass is 298 g/mol. The van der Waals surface area contributed by atoms with Crippen LogP contribution in [-0.4, -0.2) is 29.2 Å². The number of anilines is 2. The summed E-state index contributed by atoms with van der Waals surface area (Å²) in [5, 5.41) is 11.2. The molecule has 0 aliphatic rings. The summed E-state index contributed by atoms with van der Waals surface area (Å²) >= 11 is 0. The number of aryl methyl sites for hydroxylation is 1. The number of hydrogen-bond acceptors (Lipinski definition) is 4. The molecule has 2 rings (SSSR count). The highest BCUT2D eigenvalue weighted by Gasteiger charge is 2.17. The van der Waals surface area contributed by atoms with Crippen molar-refractivity contribution in [2.45, 2.75) is 27.2 Å². The summed E-state index contributed by atoms with van der Waals surface area (Å²) in [5.74, 6) is 0.555. The number of rotatable bonds is 6. The second-order valence-electron chi connectivity index (χ2n) is 5.12. The average Bonchev–Trinajstić information content (AvgIpc) is 2.54. The van der Waals surface area contributed by atoms with Crippen LogP contribution in [0.3, 0.4) is 0 Å². The maximum Gasteiger partial charge on any atom is 0.278 e. The Morgan fingerprint density at radius 2 is 2.00 bits per heavy atom. The average molecular weight is 298 g/mol. The summed E-state index contributed by atoms with van der Waals surface area (Å²) in [6.45, 7) is 7.46. The van der Waals surface area contributed by atoms with Crippen molar-refractivity contribution in [3.63, 3.8) is 0 Å². The summed E-state index contributed by atoms with van der Waals surface area (Å²) in [6.07, 6.45) is 1.01. The number of amides is 1. The normalized spacial score (nSPS) is 10.3. The predicted octanol–water partition coefficient (Wildman–Crippen LogP) is 3.27. The maximum atomic E-state index is 12.6. The quantitative estimate of drug-likeness (QED) is 0.889. The van der Waals surface area contributed by atoms with Crippen molar-refractivity contribution >= 4 is 17.4 Å². The Balaban J connectivity index is 2.18. The third kappa shape index (κ3) is 3.81. The number of benzene rings is 1. The van der Waals surface area contributed by atoms with E-state index >= 15 is 0 Å². The summed E-state index contributed by atoms with van der Waals surface area (Å²) in [4.78, 5) is 14.3. The van der Waals surface area contributed by atoms with E-state index in [1.165, 1.54) is 0 Å². The molecular formula is C17H22N4O. The highest BCUT2D eigenvalue weighted by molar-refractivity contribution is 6.04. The molecule has 1 aromatic carbocycles. The largest absolute Gasteiger partial charge is 0.369 e. The standard InChI is InChI=1S/C17H22N4O/c1-4-11-18-16-10-9-15(19-20-16)17(22)21(5-2)14-8-6-7-13(3)12-14/h6-10,12H,4-5,11H2,1-3H3,(H,18,20). The van der Waals surface area contributed by atoms with Crippen LogP contribution >= 0.6 is 0 Å². The zero-order chi connectivity index (χ0) is 15.9. The van der Waals surface area contributed by atoms with Crippen molar-refractivity contribution in [3.8, 4) is 0 Å². The van der Waals surface area contributed by atoms with E-state index in [-0.39, 0.29) is 5.91 Å². The van der Waals surface area contributed by atoms with Gasteiger partial charge in [-0.2, -0.15) is 0 Å². The van der Waals surface area contributed by atoms with Crippen molar-refractivity contribution in [1.82, 2.24) is 10.2 Å². The maximum absolute atomic E-state index is 12.6. The number of carbonyl (C=O) groups excluding carboxylic acids is 1. The summed E-state index contributed by atoms with van der Waals surface area (Å²) in [6, 6.07) is 11.4. The lowest BCUT2D eigenvalue weighted by molar-refractivity contribution is 0.0982. The first-order chi connectivity index (χ1) is 10.7. The minimum atomic E-state index is -0.136. The third-order valence-electron chi connectivity index (χ3n) is 3.31. The van der Waals surface area contributed by atoms with E-state index in [9.17, 15) is 4.79 Å². The smallest absolute Gasteiger partial charge is 0.278 e. The van der Waals surface area contributed by atoms with Gasteiger partial charge in [0, 0.05) is 18.8 Å². The van der Waals surface area contributed by atoms with Crippen LogP contribution in [-0.2, 0) is 0 Å². The second kappa shape index (κ2) is 7.54. The Kier molecular flexibility index (Phi) is 5.47. The first kappa shape index (κ1) is 15.9. The van der Waals surface area contributed by atoms with E-state index in [0.717, 1.165) is 24.2 Å². The Morgan fingerprint density at radius 3 is 2.59 bits per heavy atom. The molecule has 0 saturated heterocycles. The van der Waals surface area contributed by atoms with Crippen LogP contribution in [0.2, 0.25) is 0 Å². The van der Waals surface area contributed by atoms with Gasteiger partial charge in [0.25, 0.3) is 5.91 Å². The fourth-order valence-electron chi connectivity index (χ4n) is 2.17. The lowest BCUT2D eigenvalue weighted by Gasteiger charge is -2.20. The molecule has 0 saturated carbocycles. The van der Waals surface area contributed by atoms with Gasteiger partial charge in [0.15, 0.2) is 5.69 Å². The molecule has 116 valence electrons. The number of aromatic nitrogens is 2. The zero-order valence-electron chi connectivity index (χ0n) is 13.3. The number of carbonyl (C=O) groups is 1. The van der Waals surface area contributed by atoms with Gasteiger partial charge in [-0.3, -0.25) is 4.79 Å². The van der Waals surface area contributed by atoms with E-state index in [1.54, 1.807) is 17.0 Å². The molecule has 1 heterocycles. The van der Waals surface area contributed by atoms with Crippen LogP contribution in [0.5, 0.6) is 0 Å². The molecule has 1 N–H and O–H groups in total. The van der Waals surface area contributed by atoms with Crippen LogP contribution in [0.15, 0.2) is 36.4 Å². The highest BCUT2D eigenvalue weighted by atomic mass is 16.2. The van der Waals surface area contributed by atoms with Crippen molar-refractivity contribution in [1.29, 1.82) is 0 Å². The van der Waals surface area contributed by atoms with Gasteiger partial charge in [-0.1, -0.05) is 19.1 Å². The molecule has 0 bridgehead atoms. The van der Waals surface area contributed by atoms with Gasteiger partial charge in [0.2, 0.25) is 0 Å². The molecule has 0 aliphatic heterocycles. The van der Waals surface area contributed by atoms with Crippen molar-refractivity contribution in [2.75, 3.05) is 23.3 Å². The van der Waals surface area contributed by atoms with Gasteiger partial charge >= 0.3 is 0 Å². The Morgan fingerprint density at radius 1 is 1.18 bits per heavy atom. The van der Waals surface area contributed by atoms with Crippen LogP contribution in [0, 0.1) is 6.92 Å². The van der Waals surface area contributed by atoms with Gasteiger partial charge in [-0.05, 0) is 50.1 Å². The van der Waals surface area contributed by atoms with Crippen molar-refractivity contribution in [2.24, 2.45) is 0 Å². The van der Waals surface area contributed by atoms with E-state index < -0.39 is 0 Å². The van der Waals surface area contributed by atoms with E-state index in [4.69, 9.17) is 0 Å². The minimum Gasteiger partial charge on any atom is -0.369 e. The Labute approximate surface area is 131 Å². The third-order valence-corrected chi connectivity index (χ3v) is 3.31. The van der Waals surface area contributed by atoms with Crippen LogP contribution in [0.4, 0.5) is 11.5 Å². The van der Waals surface area contributed by atoms with Gasteiger partial charge in [-0.15, -0.1) is 10.2 Å². The first-order valence-electron chi connectivity index (χ1n) is 7.61. The summed E-state index contributed by atoms with van der Waals surface area (Å²) in [5.41, 5.74) is 2.35. The van der Waals surface area contributed by atoms with Crippen LogP contribution in [0.25, 0.3) is 0 Å². The summed E-state index contributed by atoms with van der Waals surface area (Å²) < 4.78 is 0. The van der Waals surface area contributed by atoms with Crippen molar-refractivity contribution < 1.29 is 4.79 Å². The number of nitrogens with one attached hydrogen (secondary N) is 1. The molecule has 1 amide bonds. The van der Waals surface area contributed by atoms with E-state index in [0.29, 0.717) is 18.1 Å². The molecule has 0 atom stereocenters. The van der Waals surface area contributed by atoms with Crippen molar-refractivity contribution in [3.05, 3.63) is 47.7 Å².